The number of aliphatic hydroxyl groups excluding tert-OH is 1. The van der Waals surface area contributed by atoms with Gasteiger partial charge in [-0.05, 0) is 25.0 Å². The van der Waals surface area contributed by atoms with Gasteiger partial charge in [-0.1, -0.05) is 0 Å². The minimum Gasteiger partial charge on any atom is -0.477 e. The van der Waals surface area contributed by atoms with Gasteiger partial charge in [0.25, 0.3) is 5.91 Å². The zero-order chi connectivity index (χ0) is 15.7. The van der Waals surface area contributed by atoms with Crippen molar-refractivity contribution in [3.8, 4) is 0 Å². The summed E-state index contributed by atoms with van der Waals surface area (Å²) < 4.78 is 6.17. The lowest BCUT2D eigenvalue weighted by atomic mass is 9.93. The molecular weight excluding hydrogens is 326 g/mol. The van der Waals surface area contributed by atoms with E-state index in [0.717, 1.165) is 27.2 Å². The second-order valence-corrected chi connectivity index (χ2v) is 7.68. The van der Waals surface area contributed by atoms with Crippen LogP contribution in [0.3, 0.4) is 0 Å². The fraction of sp³-hybridized carbons (Fsp3) is 0.429. The van der Waals surface area contributed by atoms with Crippen molar-refractivity contribution in [1.82, 2.24) is 5.32 Å². The smallest absolute Gasteiger partial charge is 0.345 e. The van der Waals surface area contributed by atoms with Gasteiger partial charge in [0.05, 0.1) is 27.6 Å². The van der Waals surface area contributed by atoms with Crippen molar-refractivity contribution in [2.24, 2.45) is 0 Å². The van der Waals surface area contributed by atoms with Gasteiger partial charge in [0.15, 0.2) is 0 Å². The number of aromatic carboxylic acids is 1. The monoisotopic (exact) mass is 341 g/mol. The number of ether oxygens (including phenoxy) is 1. The maximum absolute atomic E-state index is 12.4. The third kappa shape index (κ3) is 2.87. The SMILES string of the molecule is O=C(O)c1cc2cc(C(=O)NC3(CO)CCCOC3)sc2s1. The molecule has 0 spiro atoms. The van der Waals surface area contributed by atoms with Gasteiger partial charge in [-0.15, -0.1) is 22.7 Å². The Morgan fingerprint density at radius 2 is 2.05 bits per heavy atom. The standard InChI is InChI=1S/C14H15NO5S2/c16-6-14(2-1-3-20-7-14)15-11(17)9-4-8-5-10(12(18)19)22-13(8)21-9/h4-5,16H,1-3,6-7H2,(H,15,17)(H,18,19). The fourth-order valence-corrected chi connectivity index (χ4v) is 4.65. The summed E-state index contributed by atoms with van der Waals surface area (Å²) in [5, 5.41) is 22.2. The van der Waals surface area contributed by atoms with Gasteiger partial charge in [-0.2, -0.15) is 0 Å². The van der Waals surface area contributed by atoms with E-state index in [1.54, 1.807) is 12.1 Å². The summed E-state index contributed by atoms with van der Waals surface area (Å²) in [4.78, 5) is 24.1. The number of carbonyl (C=O) groups is 2. The summed E-state index contributed by atoms with van der Waals surface area (Å²) in [6.07, 6.45) is 1.47. The molecule has 1 saturated heterocycles. The van der Waals surface area contributed by atoms with Crippen LogP contribution in [0.4, 0.5) is 0 Å². The molecule has 2 aromatic rings. The lowest BCUT2D eigenvalue weighted by Gasteiger charge is -2.35. The molecule has 22 heavy (non-hydrogen) atoms. The maximum Gasteiger partial charge on any atom is 0.345 e. The van der Waals surface area contributed by atoms with E-state index >= 15 is 0 Å². The second-order valence-electron chi connectivity index (χ2n) is 5.32. The first kappa shape index (κ1) is 15.4. The first-order chi connectivity index (χ1) is 10.5. The molecule has 1 amide bonds. The highest BCUT2D eigenvalue weighted by Gasteiger charge is 2.34. The molecular formula is C14H15NO5S2. The summed E-state index contributed by atoms with van der Waals surface area (Å²) in [7, 11) is 0. The minimum absolute atomic E-state index is 0.165. The molecule has 1 unspecified atom stereocenters. The van der Waals surface area contributed by atoms with Crippen LogP contribution in [0.5, 0.6) is 0 Å². The van der Waals surface area contributed by atoms with Gasteiger partial charge in [0.2, 0.25) is 0 Å². The molecule has 6 nitrogen and oxygen atoms in total. The van der Waals surface area contributed by atoms with E-state index in [0.29, 0.717) is 24.5 Å². The third-order valence-electron chi connectivity index (χ3n) is 3.65. The summed E-state index contributed by atoms with van der Waals surface area (Å²) in [6, 6.07) is 3.26. The number of fused-ring (bicyclic) bond motifs is 1. The fourth-order valence-electron chi connectivity index (χ4n) is 2.47. The summed E-state index contributed by atoms with van der Waals surface area (Å²) in [5.74, 6) is -1.22. The molecule has 3 N–H and O–H groups in total. The van der Waals surface area contributed by atoms with Crippen LogP contribution in [0.1, 0.15) is 32.2 Å². The number of thiophene rings is 2. The van der Waals surface area contributed by atoms with E-state index < -0.39 is 11.5 Å². The first-order valence-corrected chi connectivity index (χ1v) is 8.44. The number of aliphatic hydroxyl groups is 1. The zero-order valence-electron chi connectivity index (χ0n) is 11.6. The topological polar surface area (TPSA) is 95.9 Å². The maximum atomic E-state index is 12.4. The Hall–Kier alpha value is -1.48. The van der Waals surface area contributed by atoms with Crippen LogP contribution in [0.15, 0.2) is 12.1 Å². The Morgan fingerprint density at radius 3 is 2.64 bits per heavy atom. The molecule has 8 heteroatoms. The van der Waals surface area contributed by atoms with Crippen LogP contribution >= 0.6 is 22.7 Å². The van der Waals surface area contributed by atoms with Crippen molar-refractivity contribution < 1.29 is 24.5 Å². The van der Waals surface area contributed by atoms with Crippen LogP contribution in [-0.2, 0) is 4.74 Å². The van der Waals surface area contributed by atoms with Gasteiger partial charge in [0.1, 0.15) is 4.88 Å². The second kappa shape index (κ2) is 5.96. The van der Waals surface area contributed by atoms with Crippen LogP contribution in [0, 0.1) is 0 Å². The highest BCUT2D eigenvalue weighted by molar-refractivity contribution is 7.39. The van der Waals surface area contributed by atoms with Crippen molar-refractivity contribution in [2.75, 3.05) is 19.8 Å². The molecule has 1 aliphatic heterocycles. The van der Waals surface area contributed by atoms with E-state index in [1.807, 2.05) is 0 Å². The molecule has 1 fully saturated rings. The molecule has 2 aromatic heterocycles. The Kier molecular flexibility index (Phi) is 4.18. The average Bonchev–Trinajstić information content (AvgIpc) is 3.06. The molecule has 118 valence electrons. The van der Waals surface area contributed by atoms with Crippen molar-refractivity contribution in [2.45, 2.75) is 18.4 Å². The number of nitrogens with one attached hydrogen (secondary N) is 1. The van der Waals surface area contributed by atoms with Crippen LogP contribution in [-0.4, -0.2) is 47.4 Å². The summed E-state index contributed by atoms with van der Waals surface area (Å²) in [6.45, 7) is 0.782. The van der Waals surface area contributed by atoms with Gasteiger partial charge < -0.3 is 20.3 Å². The van der Waals surface area contributed by atoms with E-state index in [-0.39, 0.29) is 17.4 Å². The lowest BCUT2D eigenvalue weighted by Crippen LogP contribution is -2.56. The van der Waals surface area contributed by atoms with E-state index in [4.69, 9.17) is 9.84 Å². The molecule has 3 rings (SSSR count). The summed E-state index contributed by atoms with van der Waals surface area (Å²) >= 11 is 2.42. The van der Waals surface area contributed by atoms with E-state index in [1.165, 1.54) is 11.3 Å². The van der Waals surface area contributed by atoms with Crippen molar-refractivity contribution in [3.05, 3.63) is 21.9 Å². The Morgan fingerprint density at radius 1 is 1.32 bits per heavy atom. The molecule has 0 aromatic carbocycles. The quantitative estimate of drug-likeness (QED) is 0.790. The largest absolute Gasteiger partial charge is 0.477 e. The number of hydrogen-bond donors (Lipinski definition) is 3. The molecule has 0 bridgehead atoms. The number of amides is 1. The summed E-state index contributed by atoms with van der Waals surface area (Å²) in [5.41, 5.74) is -0.723. The van der Waals surface area contributed by atoms with Gasteiger partial charge in [0, 0.05) is 12.0 Å². The number of carbonyl (C=O) groups excluding carboxylic acids is 1. The normalized spacial score (nSPS) is 21.9. The third-order valence-corrected chi connectivity index (χ3v) is 6.03. The Balaban J connectivity index is 1.79. The predicted octanol–water partition coefficient (Wildman–Crippen LogP) is 1.93. The van der Waals surface area contributed by atoms with Crippen LogP contribution in [0.2, 0.25) is 0 Å². The number of hydrogen-bond acceptors (Lipinski definition) is 6. The lowest BCUT2D eigenvalue weighted by molar-refractivity contribution is -0.00530. The predicted molar refractivity (Wildman–Crippen MR) is 84.0 cm³/mol. The van der Waals surface area contributed by atoms with Crippen LogP contribution in [0.25, 0.3) is 9.40 Å². The van der Waals surface area contributed by atoms with Gasteiger partial charge >= 0.3 is 5.97 Å². The van der Waals surface area contributed by atoms with Gasteiger partial charge in [-0.3, -0.25) is 4.79 Å². The van der Waals surface area contributed by atoms with E-state index in [9.17, 15) is 14.7 Å². The van der Waals surface area contributed by atoms with Crippen molar-refractivity contribution >= 4 is 43.9 Å². The van der Waals surface area contributed by atoms with E-state index in [2.05, 4.69) is 5.32 Å². The highest BCUT2D eigenvalue weighted by atomic mass is 32.2. The Labute approximate surface area is 134 Å². The van der Waals surface area contributed by atoms with Crippen molar-refractivity contribution in [1.29, 1.82) is 0 Å². The molecule has 1 aliphatic rings. The molecule has 0 aliphatic carbocycles. The first-order valence-electron chi connectivity index (χ1n) is 6.81. The van der Waals surface area contributed by atoms with Crippen LogP contribution < -0.4 is 5.32 Å². The molecule has 0 saturated carbocycles. The number of carboxylic acids is 1. The average molecular weight is 341 g/mol. The Bertz CT molecular complexity index is 682. The minimum atomic E-state index is -0.960. The van der Waals surface area contributed by atoms with Gasteiger partial charge in [-0.25, -0.2) is 4.79 Å². The number of carboxylic acid groups (broad SMARTS) is 1. The molecule has 1 atom stereocenters. The number of rotatable bonds is 4. The molecule has 3 heterocycles. The van der Waals surface area contributed by atoms with Crippen molar-refractivity contribution in [3.63, 3.8) is 0 Å². The molecule has 0 radical (unpaired) electrons. The highest BCUT2D eigenvalue weighted by Crippen LogP contribution is 2.34. The zero-order valence-corrected chi connectivity index (χ0v) is 13.3.